The Bertz CT molecular complexity index is 853. The Kier molecular flexibility index (Phi) is 5.56. The lowest BCUT2D eigenvalue weighted by Gasteiger charge is -2.21. The minimum absolute atomic E-state index is 0.0908. The summed E-state index contributed by atoms with van der Waals surface area (Å²) >= 11 is 0. The molecule has 0 fully saturated rings. The van der Waals surface area contributed by atoms with E-state index in [-0.39, 0.29) is 17.5 Å². The molecule has 7 nitrogen and oxygen atoms in total. The van der Waals surface area contributed by atoms with E-state index in [0.717, 1.165) is 23.1 Å². The maximum absolute atomic E-state index is 12.8. The van der Waals surface area contributed by atoms with Crippen molar-refractivity contribution in [3.63, 3.8) is 0 Å². The molecule has 1 unspecified atom stereocenters. The van der Waals surface area contributed by atoms with Crippen LogP contribution in [0.2, 0.25) is 0 Å². The molecule has 0 spiro atoms. The molecule has 1 N–H and O–H groups in total. The first-order valence-electron chi connectivity index (χ1n) is 9.01. The van der Waals surface area contributed by atoms with Gasteiger partial charge in [-0.25, -0.2) is 9.48 Å². The summed E-state index contributed by atoms with van der Waals surface area (Å²) in [7, 11) is 1.60. The molecule has 2 aromatic rings. The van der Waals surface area contributed by atoms with Crippen molar-refractivity contribution in [2.75, 3.05) is 20.3 Å². The molecule has 0 aliphatic carbocycles. The zero-order chi connectivity index (χ0) is 18.7. The summed E-state index contributed by atoms with van der Waals surface area (Å²) in [6, 6.07) is 6.19. The van der Waals surface area contributed by atoms with Crippen LogP contribution in [-0.2, 0) is 22.6 Å². The van der Waals surface area contributed by atoms with E-state index in [1.807, 2.05) is 13.8 Å². The third-order valence-corrected chi connectivity index (χ3v) is 4.88. The lowest BCUT2D eigenvalue weighted by molar-refractivity contribution is -0.123. The van der Waals surface area contributed by atoms with Gasteiger partial charge in [0.1, 0.15) is 5.82 Å². The van der Waals surface area contributed by atoms with E-state index in [2.05, 4.69) is 28.6 Å². The molecule has 1 aromatic carbocycles. The predicted molar refractivity (Wildman–Crippen MR) is 98.4 cm³/mol. The summed E-state index contributed by atoms with van der Waals surface area (Å²) in [5.41, 5.74) is 3.21. The molecule has 3 rings (SSSR count). The molecule has 0 radical (unpaired) electrons. The van der Waals surface area contributed by atoms with Crippen LogP contribution >= 0.6 is 0 Å². The van der Waals surface area contributed by atoms with Crippen molar-refractivity contribution in [3.8, 4) is 0 Å². The van der Waals surface area contributed by atoms with E-state index in [0.29, 0.717) is 38.5 Å². The molecule has 26 heavy (non-hydrogen) atoms. The van der Waals surface area contributed by atoms with Crippen LogP contribution in [0.5, 0.6) is 0 Å². The van der Waals surface area contributed by atoms with Crippen molar-refractivity contribution in [1.29, 1.82) is 0 Å². The fourth-order valence-electron chi connectivity index (χ4n) is 3.39. The fourth-order valence-corrected chi connectivity index (χ4v) is 3.39. The normalized spacial score (nSPS) is 16.3. The largest absolute Gasteiger partial charge is 0.383 e. The van der Waals surface area contributed by atoms with Crippen molar-refractivity contribution >= 4 is 5.91 Å². The molecule has 0 saturated heterocycles. The van der Waals surface area contributed by atoms with E-state index in [1.54, 1.807) is 11.7 Å². The number of carbonyl (C=O) groups excluding carboxylic acids is 1. The van der Waals surface area contributed by atoms with Gasteiger partial charge in [-0.1, -0.05) is 23.8 Å². The van der Waals surface area contributed by atoms with Gasteiger partial charge in [-0.05, 0) is 37.8 Å². The summed E-state index contributed by atoms with van der Waals surface area (Å²) < 4.78 is 8.10. The van der Waals surface area contributed by atoms with Gasteiger partial charge in [0.15, 0.2) is 0 Å². The number of fused-ring (bicyclic) bond motifs is 1. The third kappa shape index (κ3) is 3.72. The van der Waals surface area contributed by atoms with Gasteiger partial charge in [0.2, 0.25) is 5.91 Å². The van der Waals surface area contributed by atoms with Crippen molar-refractivity contribution < 1.29 is 9.53 Å². The maximum atomic E-state index is 12.8. The Morgan fingerprint density at radius 1 is 1.38 bits per heavy atom. The number of carbonyl (C=O) groups is 1. The van der Waals surface area contributed by atoms with Crippen molar-refractivity contribution in [3.05, 3.63) is 51.2 Å². The number of benzene rings is 1. The molecular weight excluding hydrogens is 332 g/mol. The SMILES string of the molecule is COCCNC(=O)C1CCCn2c1nn(Cc1cc(C)ccc1C)c2=O. The number of amides is 1. The quantitative estimate of drug-likeness (QED) is 0.791. The molecule has 1 aromatic heterocycles. The summed E-state index contributed by atoms with van der Waals surface area (Å²) in [6.07, 6.45) is 1.50. The highest BCUT2D eigenvalue weighted by Crippen LogP contribution is 2.24. The molecule has 7 heteroatoms. The van der Waals surface area contributed by atoms with Crippen LogP contribution in [0.1, 0.15) is 41.3 Å². The van der Waals surface area contributed by atoms with Crippen molar-refractivity contribution in [2.45, 2.75) is 45.7 Å². The Labute approximate surface area is 153 Å². The van der Waals surface area contributed by atoms with Crippen LogP contribution in [-0.4, -0.2) is 40.5 Å². The molecule has 1 aliphatic heterocycles. The van der Waals surface area contributed by atoms with Gasteiger partial charge >= 0.3 is 5.69 Å². The number of hydrogen-bond donors (Lipinski definition) is 1. The molecule has 0 saturated carbocycles. The van der Waals surface area contributed by atoms with Crippen LogP contribution in [0.25, 0.3) is 0 Å². The summed E-state index contributed by atoms with van der Waals surface area (Å²) in [6.45, 7) is 6.02. The lowest BCUT2D eigenvalue weighted by atomic mass is 9.98. The predicted octanol–water partition coefficient (Wildman–Crippen LogP) is 1.35. The Morgan fingerprint density at radius 3 is 2.96 bits per heavy atom. The number of hydrogen-bond acceptors (Lipinski definition) is 4. The number of aromatic nitrogens is 3. The number of aryl methyl sites for hydroxylation is 2. The van der Waals surface area contributed by atoms with E-state index in [9.17, 15) is 9.59 Å². The van der Waals surface area contributed by atoms with E-state index >= 15 is 0 Å². The van der Waals surface area contributed by atoms with Crippen molar-refractivity contribution in [2.24, 2.45) is 0 Å². The number of methoxy groups -OCH3 is 1. The Balaban J connectivity index is 1.86. The van der Waals surface area contributed by atoms with Crippen molar-refractivity contribution in [1.82, 2.24) is 19.7 Å². The first-order valence-corrected chi connectivity index (χ1v) is 9.01. The van der Waals surface area contributed by atoms with Gasteiger partial charge in [0.25, 0.3) is 0 Å². The van der Waals surface area contributed by atoms with Gasteiger partial charge in [-0.15, -0.1) is 0 Å². The molecule has 1 amide bonds. The second-order valence-electron chi connectivity index (χ2n) is 6.86. The molecular formula is C19H26N4O3. The standard InChI is InChI=1S/C19H26N4O3/c1-13-6-7-14(2)15(11-13)12-23-19(25)22-9-4-5-16(17(22)21-23)18(24)20-8-10-26-3/h6-7,11,16H,4-5,8-10,12H2,1-3H3,(H,20,24). The highest BCUT2D eigenvalue weighted by molar-refractivity contribution is 5.82. The topological polar surface area (TPSA) is 78.2 Å². The van der Waals surface area contributed by atoms with Gasteiger partial charge in [-0.2, -0.15) is 5.10 Å². The Hall–Kier alpha value is -2.41. The number of rotatable bonds is 6. The minimum atomic E-state index is -0.381. The third-order valence-electron chi connectivity index (χ3n) is 4.88. The van der Waals surface area contributed by atoms with E-state index in [1.165, 1.54) is 4.68 Å². The molecule has 0 bridgehead atoms. The average Bonchev–Trinajstić information content (AvgIpc) is 2.94. The van der Waals surface area contributed by atoms with Gasteiger partial charge in [-0.3, -0.25) is 9.36 Å². The zero-order valence-corrected chi connectivity index (χ0v) is 15.6. The van der Waals surface area contributed by atoms with Crippen LogP contribution in [0.4, 0.5) is 0 Å². The average molecular weight is 358 g/mol. The number of nitrogens with one attached hydrogen (secondary N) is 1. The smallest absolute Gasteiger partial charge is 0.346 e. The van der Waals surface area contributed by atoms with Crippen LogP contribution in [0.15, 0.2) is 23.0 Å². The second-order valence-corrected chi connectivity index (χ2v) is 6.86. The Morgan fingerprint density at radius 2 is 2.19 bits per heavy atom. The van der Waals surface area contributed by atoms with Crippen LogP contribution < -0.4 is 11.0 Å². The molecule has 140 valence electrons. The monoisotopic (exact) mass is 358 g/mol. The number of nitrogens with zero attached hydrogens (tertiary/aromatic N) is 3. The first-order chi connectivity index (χ1) is 12.5. The highest BCUT2D eigenvalue weighted by Gasteiger charge is 2.31. The van der Waals surface area contributed by atoms with Gasteiger partial charge in [0, 0.05) is 20.2 Å². The lowest BCUT2D eigenvalue weighted by Crippen LogP contribution is -2.36. The maximum Gasteiger partial charge on any atom is 0.346 e. The molecule has 2 heterocycles. The molecule has 1 aliphatic rings. The first kappa shape index (κ1) is 18.4. The van der Waals surface area contributed by atoms with Crippen LogP contribution in [0, 0.1) is 13.8 Å². The van der Waals surface area contributed by atoms with E-state index in [4.69, 9.17) is 4.74 Å². The second kappa shape index (κ2) is 7.86. The fraction of sp³-hybridized carbons (Fsp3) is 0.526. The number of ether oxygens (including phenoxy) is 1. The molecule has 1 atom stereocenters. The summed E-state index contributed by atoms with van der Waals surface area (Å²) in [5, 5.41) is 7.38. The summed E-state index contributed by atoms with van der Waals surface area (Å²) in [4.78, 5) is 25.2. The van der Waals surface area contributed by atoms with Gasteiger partial charge in [0.05, 0.1) is 19.1 Å². The van der Waals surface area contributed by atoms with E-state index < -0.39 is 0 Å². The zero-order valence-electron chi connectivity index (χ0n) is 15.6. The highest BCUT2D eigenvalue weighted by atomic mass is 16.5. The minimum Gasteiger partial charge on any atom is -0.383 e. The summed E-state index contributed by atoms with van der Waals surface area (Å²) in [5.74, 6) is 0.0986. The van der Waals surface area contributed by atoms with Crippen LogP contribution in [0.3, 0.4) is 0 Å². The van der Waals surface area contributed by atoms with Gasteiger partial charge < -0.3 is 10.1 Å².